The fraction of sp³-hybridized carbons (Fsp3) is 0.643. The number of carboxylic acid groups (broad SMARTS) is 1. The lowest BCUT2D eigenvalue weighted by molar-refractivity contribution is -0.142. The summed E-state index contributed by atoms with van der Waals surface area (Å²) in [4.78, 5) is 49.2. The normalized spacial score (nSPS) is 15.4. The van der Waals surface area contributed by atoms with Gasteiger partial charge < -0.3 is 29.8 Å². The highest BCUT2D eigenvalue weighted by atomic mass is 16.7. The standard InChI is InChI=1S/C28H43NO9/c1-14(2)18(8)26(32)37-21-11-10-20(12-22(21)38-27(33)19(9)15(3)4)23(24(29)25(30)31)17(7)13-35-28(34)36-16(5)6/h10-12,14-19,23-24H,13,29H2,1-9H3,(H,30,31)/t17?,18?,19?,23?,24-/m0/s1. The van der Waals surface area contributed by atoms with Crippen LogP contribution >= 0.6 is 0 Å². The van der Waals surface area contributed by atoms with Crippen LogP contribution in [-0.2, 0) is 23.9 Å². The van der Waals surface area contributed by atoms with Crippen LogP contribution in [0.5, 0.6) is 11.5 Å². The van der Waals surface area contributed by atoms with E-state index in [-0.39, 0.29) is 36.0 Å². The van der Waals surface area contributed by atoms with Crippen LogP contribution in [0.15, 0.2) is 18.2 Å². The van der Waals surface area contributed by atoms with Crippen LogP contribution in [0.3, 0.4) is 0 Å². The molecule has 0 aliphatic carbocycles. The van der Waals surface area contributed by atoms with Gasteiger partial charge >= 0.3 is 24.1 Å². The van der Waals surface area contributed by atoms with Gasteiger partial charge in [-0.3, -0.25) is 14.4 Å². The Kier molecular flexibility index (Phi) is 12.7. The molecule has 0 saturated heterocycles. The van der Waals surface area contributed by atoms with Gasteiger partial charge in [0.05, 0.1) is 24.5 Å². The number of carbonyl (C=O) groups is 4. The molecule has 0 spiro atoms. The van der Waals surface area contributed by atoms with Crippen molar-refractivity contribution in [2.45, 2.75) is 80.4 Å². The van der Waals surface area contributed by atoms with Crippen LogP contribution in [0.25, 0.3) is 0 Å². The Morgan fingerprint density at radius 1 is 0.816 bits per heavy atom. The van der Waals surface area contributed by atoms with Gasteiger partial charge in [0, 0.05) is 5.92 Å². The lowest BCUT2D eigenvalue weighted by Crippen LogP contribution is -2.40. The Hall–Kier alpha value is -3.14. The van der Waals surface area contributed by atoms with Crippen molar-refractivity contribution in [3.8, 4) is 11.5 Å². The van der Waals surface area contributed by atoms with Gasteiger partial charge in [0.15, 0.2) is 11.5 Å². The van der Waals surface area contributed by atoms with Gasteiger partial charge in [-0.15, -0.1) is 0 Å². The maximum atomic E-state index is 12.8. The van der Waals surface area contributed by atoms with Crippen molar-refractivity contribution in [3.63, 3.8) is 0 Å². The van der Waals surface area contributed by atoms with Gasteiger partial charge in [-0.25, -0.2) is 4.79 Å². The van der Waals surface area contributed by atoms with E-state index in [4.69, 9.17) is 24.7 Å². The second-order valence-electron chi connectivity index (χ2n) is 10.7. The van der Waals surface area contributed by atoms with Gasteiger partial charge in [0.2, 0.25) is 0 Å². The van der Waals surface area contributed by atoms with Gasteiger partial charge in [-0.2, -0.15) is 0 Å². The number of nitrogens with two attached hydrogens (primary N) is 1. The molecule has 0 amide bonds. The van der Waals surface area contributed by atoms with Crippen LogP contribution in [0.2, 0.25) is 0 Å². The summed E-state index contributed by atoms with van der Waals surface area (Å²) in [6, 6.07) is 3.08. The average molecular weight is 538 g/mol. The number of carbonyl (C=O) groups excluding carboxylic acids is 3. The fourth-order valence-electron chi connectivity index (χ4n) is 3.42. The van der Waals surface area contributed by atoms with Crippen LogP contribution in [0.4, 0.5) is 4.79 Å². The molecular weight excluding hydrogens is 494 g/mol. The number of esters is 2. The van der Waals surface area contributed by atoms with Crippen LogP contribution < -0.4 is 15.2 Å². The quantitative estimate of drug-likeness (QED) is 0.266. The van der Waals surface area contributed by atoms with E-state index < -0.39 is 53.8 Å². The largest absolute Gasteiger partial charge is 0.508 e. The Morgan fingerprint density at radius 3 is 1.76 bits per heavy atom. The van der Waals surface area contributed by atoms with Gasteiger partial charge in [-0.1, -0.05) is 54.5 Å². The maximum absolute atomic E-state index is 12.8. The summed E-state index contributed by atoms with van der Waals surface area (Å²) in [5.41, 5.74) is 6.45. The first-order valence-corrected chi connectivity index (χ1v) is 13.0. The summed E-state index contributed by atoms with van der Waals surface area (Å²) in [6.45, 7) is 15.9. The van der Waals surface area contributed by atoms with E-state index in [0.29, 0.717) is 5.56 Å². The highest BCUT2D eigenvalue weighted by molar-refractivity contribution is 5.79. The predicted octanol–water partition coefficient (Wildman–Crippen LogP) is 4.77. The summed E-state index contributed by atoms with van der Waals surface area (Å²) in [6.07, 6.45) is -1.26. The SMILES string of the molecule is CC(C)OC(=O)OCC(C)C(c1ccc(OC(=O)C(C)C(C)C)c(OC(=O)C(C)C(C)C)c1)[C@H](N)C(=O)O. The molecule has 0 radical (unpaired) electrons. The van der Waals surface area contributed by atoms with Crippen molar-refractivity contribution in [3.05, 3.63) is 23.8 Å². The zero-order chi connectivity index (χ0) is 29.3. The van der Waals surface area contributed by atoms with Crippen LogP contribution in [0.1, 0.15) is 73.8 Å². The highest BCUT2D eigenvalue weighted by Gasteiger charge is 2.33. The molecule has 0 fully saturated rings. The number of benzene rings is 1. The van der Waals surface area contributed by atoms with E-state index in [1.54, 1.807) is 40.7 Å². The Morgan fingerprint density at radius 2 is 1.32 bits per heavy atom. The number of aliphatic carboxylic acids is 1. The van der Waals surface area contributed by atoms with Crippen molar-refractivity contribution in [1.29, 1.82) is 0 Å². The van der Waals surface area contributed by atoms with Crippen LogP contribution in [0, 0.1) is 29.6 Å². The molecule has 5 atom stereocenters. The Balaban J connectivity index is 3.45. The molecule has 0 aliphatic heterocycles. The number of carboxylic acids is 1. The Bertz CT molecular complexity index is 973. The monoisotopic (exact) mass is 537 g/mol. The smallest absolute Gasteiger partial charge is 0.480 e. The lowest BCUT2D eigenvalue weighted by atomic mass is 9.82. The summed E-state index contributed by atoms with van der Waals surface area (Å²) < 4.78 is 21.4. The highest BCUT2D eigenvalue weighted by Crippen LogP contribution is 2.37. The average Bonchev–Trinajstić information content (AvgIpc) is 2.82. The van der Waals surface area contributed by atoms with Crippen LogP contribution in [-0.4, -0.2) is 47.9 Å². The molecule has 0 aliphatic rings. The van der Waals surface area contributed by atoms with Crippen molar-refractivity contribution < 1.29 is 43.2 Å². The first-order valence-electron chi connectivity index (χ1n) is 13.0. The Labute approximate surface area is 225 Å². The summed E-state index contributed by atoms with van der Waals surface area (Å²) in [5.74, 6) is -4.54. The predicted molar refractivity (Wildman–Crippen MR) is 141 cm³/mol. The molecule has 38 heavy (non-hydrogen) atoms. The molecule has 10 heteroatoms. The van der Waals surface area contributed by atoms with E-state index in [1.165, 1.54) is 12.1 Å². The third kappa shape index (κ3) is 9.63. The molecule has 4 unspecified atom stereocenters. The topological polar surface area (TPSA) is 151 Å². The zero-order valence-electron chi connectivity index (χ0n) is 23.8. The lowest BCUT2D eigenvalue weighted by Gasteiger charge is -2.28. The molecule has 0 aromatic heterocycles. The molecule has 1 aromatic carbocycles. The van der Waals surface area contributed by atoms with Gasteiger partial charge in [0.25, 0.3) is 0 Å². The molecule has 1 aromatic rings. The maximum Gasteiger partial charge on any atom is 0.508 e. The third-order valence-corrected chi connectivity index (χ3v) is 6.60. The number of hydrogen-bond donors (Lipinski definition) is 2. The van der Waals surface area contributed by atoms with E-state index in [9.17, 15) is 24.3 Å². The summed E-state index contributed by atoms with van der Waals surface area (Å²) in [5, 5.41) is 9.68. The molecule has 0 saturated carbocycles. The molecule has 214 valence electrons. The summed E-state index contributed by atoms with van der Waals surface area (Å²) in [7, 11) is 0. The minimum atomic E-state index is -1.37. The van der Waals surface area contributed by atoms with Crippen molar-refractivity contribution >= 4 is 24.1 Å². The van der Waals surface area contributed by atoms with Crippen molar-refractivity contribution in [2.75, 3.05) is 6.61 Å². The van der Waals surface area contributed by atoms with Gasteiger partial charge in [0.1, 0.15) is 6.04 Å². The molecule has 1 rings (SSSR count). The number of ether oxygens (including phenoxy) is 4. The molecule has 0 bridgehead atoms. The second-order valence-corrected chi connectivity index (χ2v) is 10.7. The second kappa shape index (κ2) is 14.7. The molecule has 10 nitrogen and oxygen atoms in total. The van der Waals surface area contributed by atoms with E-state index in [1.807, 2.05) is 27.7 Å². The van der Waals surface area contributed by atoms with Gasteiger partial charge in [-0.05, 0) is 49.3 Å². The van der Waals surface area contributed by atoms with E-state index >= 15 is 0 Å². The summed E-state index contributed by atoms with van der Waals surface area (Å²) >= 11 is 0. The minimum absolute atomic E-state index is 0.00593. The van der Waals surface area contributed by atoms with E-state index in [2.05, 4.69) is 0 Å². The van der Waals surface area contributed by atoms with Crippen molar-refractivity contribution in [2.24, 2.45) is 35.3 Å². The number of hydrogen-bond acceptors (Lipinski definition) is 9. The molecular formula is C28H43NO9. The first-order chi connectivity index (χ1) is 17.6. The minimum Gasteiger partial charge on any atom is -0.480 e. The zero-order valence-corrected chi connectivity index (χ0v) is 23.8. The van der Waals surface area contributed by atoms with E-state index in [0.717, 1.165) is 0 Å². The molecule has 3 N–H and O–H groups in total. The fourth-order valence-corrected chi connectivity index (χ4v) is 3.42. The first kappa shape index (κ1) is 32.9. The third-order valence-electron chi connectivity index (χ3n) is 6.60. The number of rotatable bonds is 13. The van der Waals surface area contributed by atoms with Crippen molar-refractivity contribution in [1.82, 2.24) is 0 Å². The molecule has 0 heterocycles.